The largest absolute Gasteiger partial charge is 0.382 e. The Morgan fingerprint density at radius 3 is 3.18 bits per heavy atom. The maximum absolute atomic E-state index is 5.74. The van der Waals surface area contributed by atoms with Crippen LogP contribution in [-0.2, 0) is 11.2 Å². The lowest BCUT2D eigenvalue weighted by Crippen LogP contribution is -2.39. The van der Waals surface area contributed by atoms with Crippen molar-refractivity contribution in [3.05, 3.63) is 12.2 Å². The molecule has 0 aliphatic carbocycles. The molecule has 0 amide bonds. The lowest BCUT2D eigenvalue weighted by atomic mass is 10.2. The second-order valence-corrected chi connectivity index (χ2v) is 4.04. The van der Waals surface area contributed by atoms with Gasteiger partial charge < -0.3 is 20.8 Å². The van der Waals surface area contributed by atoms with Crippen molar-refractivity contribution < 1.29 is 4.74 Å². The molecule has 1 aliphatic rings. The molecule has 7 nitrogen and oxygen atoms in total. The number of morpholine rings is 1. The molecular formula is C10H14N6O. The number of imidazole rings is 1. The Morgan fingerprint density at radius 2 is 2.41 bits per heavy atom. The average Bonchev–Trinajstić information content (AvgIpc) is 2.74. The van der Waals surface area contributed by atoms with Crippen molar-refractivity contribution in [2.45, 2.75) is 12.5 Å². The smallest absolute Gasteiger partial charge is 0.183 e. The van der Waals surface area contributed by atoms with Crippen LogP contribution < -0.4 is 11.1 Å². The Bertz CT molecular complexity index is 518. The van der Waals surface area contributed by atoms with Gasteiger partial charge >= 0.3 is 0 Å². The minimum Gasteiger partial charge on any atom is -0.382 e. The van der Waals surface area contributed by atoms with Gasteiger partial charge in [0.25, 0.3) is 0 Å². The van der Waals surface area contributed by atoms with Gasteiger partial charge in [-0.1, -0.05) is 0 Å². The van der Waals surface area contributed by atoms with E-state index >= 15 is 0 Å². The summed E-state index contributed by atoms with van der Waals surface area (Å²) in [6, 6.07) is 0. The van der Waals surface area contributed by atoms with E-state index in [0.29, 0.717) is 17.0 Å². The van der Waals surface area contributed by atoms with E-state index < -0.39 is 0 Å². The van der Waals surface area contributed by atoms with E-state index in [4.69, 9.17) is 10.5 Å². The molecule has 2 aromatic rings. The van der Waals surface area contributed by atoms with Crippen LogP contribution in [0.4, 0.5) is 5.82 Å². The fraction of sp³-hybridized carbons (Fsp3) is 0.500. The highest BCUT2D eigenvalue weighted by atomic mass is 16.5. The molecular weight excluding hydrogens is 220 g/mol. The van der Waals surface area contributed by atoms with Crippen LogP contribution >= 0.6 is 0 Å². The van der Waals surface area contributed by atoms with Gasteiger partial charge in [-0.05, 0) is 0 Å². The van der Waals surface area contributed by atoms with Crippen molar-refractivity contribution in [3.63, 3.8) is 0 Å². The maximum Gasteiger partial charge on any atom is 0.183 e. The Kier molecular flexibility index (Phi) is 2.62. The van der Waals surface area contributed by atoms with Crippen LogP contribution in [0.15, 0.2) is 6.33 Å². The zero-order chi connectivity index (χ0) is 11.7. The Labute approximate surface area is 97.8 Å². The van der Waals surface area contributed by atoms with E-state index in [1.807, 2.05) is 0 Å². The number of hydrogen-bond acceptors (Lipinski definition) is 6. The number of nitrogens with two attached hydrogens (primary N) is 1. The Balaban J connectivity index is 1.83. The summed E-state index contributed by atoms with van der Waals surface area (Å²) in [6.45, 7) is 2.50. The van der Waals surface area contributed by atoms with E-state index in [1.54, 1.807) is 0 Å². The summed E-state index contributed by atoms with van der Waals surface area (Å²) < 4.78 is 5.62. The zero-order valence-corrected chi connectivity index (χ0v) is 9.31. The SMILES string of the molecule is Nc1ncnc2nc(CC3CNCCO3)[nH]c12. The molecule has 4 N–H and O–H groups in total. The number of nitrogens with one attached hydrogen (secondary N) is 2. The number of ether oxygens (including phenoxy) is 1. The minimum absolute atomic E-state index is 0.151. The van der Waals surface area contributed by atoms with Gasteiger partial charge in [-0.3, -0.25) is 0 Å². The van der Waals surface area contributed by atoms with Gasteiger partial charge in [0.1, 0.15) is 17.7 Å². The number of nitrogens with zero attached hydrogens (tertiary/aromatic N) is 3. The van der Waals surface area contributed by atoms with E-state index in [2.05, 4.69) is 25.3 Å². The summed E-state index contributed by atoms with van der Waals surface area (Å²) in [6.07, 6.45) is 2.29. The van der Waals surface area contributed by atoms with E-state index in [1.165, 1.54) is 6.33 Å². The molecule has 3 rings (SSSR count). The first-order chi connectivity index (χ1) is 8.33. The molecule has 2 aromatic heterocycles. The number of nitrogen functional groups attached to an aromatic ring is 1. The topological polar surface area (TPSA) is 102 Å². The first-order valence-corrected chi connectivity index (χ1v) is 5.60. The molecule has 1 unspecified atom stereocenters. The van der Waals surface area contributed by atoms with E-state index in [-0.39, 0.29) is 6.10 Å². The van der Waals surface area contributed by atoms with Crippen LogP contribution in [0.25, 0.3) is 11.2 Å². The molecule has 0 radical (unpaired) electrons. The molecule has 0 aromatic carbocycles. The number of H-pyrrole nitrogens is 1. The second-order valence-electron chi connectivity index (χ2n) is 4.04. The third-order valence-corrected chi connectivity index (χ3v) is 2.79. The zero-order valence-electron chi connectivity index (χ0n) is 9.31. The molecule has 1 fully saturated rings. The van der Waals surface area contributed by atoms with Gasteiger partial charge in [-0.25, -0.2) is 15.0 Å². The molecule has 7 heteroatoms. The molecule has 17 heavy (non-hydrogen) atoms. The molecule has 1 saturated heterocycles. The van der Waals surface area contributed by atoms with Crippen molar-refractivity contribution in [2.75, 3.05) is 25.4 Å². The van der Waals surface area contributed by atoms with Crippen molar-refractivity contribution in [3.8, 4) is 0 Å². The third-order valence-electron chi connectivity index (χ3n) is 2.79. The highest BCUT2D eigenvalue weighted by Gasteiger charge is 2.16. The number of hydrogen-bond donors (Lipinski definition) is 3. The van der Waals surface area contributed by atoms with Gasteiger partial charge in [0.15, 0.2) is 11.5 Å². The highest BCUT2D eigenvalue weighted by Crippen LogP contribution is 2.14. The van der Waals surface area contributed by atoms with Crippen LogP contribution in [-0.4, -0.2) is 45.7 Å². The molecule has 0 spiro atoms. The van der Waals surface area contributed by atoms with E-state index in [9.17, 15) is 0 Å². The summed E-state index contributed by atoms with van der Waals surface area (Å²) in [7, 11) is 0. The predicted octanol–water partition coefficient (Wildman–Crippen LogP) is -0.534. The standard InChI is InChI=1S/C10H14N6O/c11-9-8-10(14-5-13-9)16-7(15-8)3-6-4-12-1-2-17-6/h5-6,12H,1-4H2,(H3,11,13,14,15,16). The molecule has 3 heterocycles. The summed E-state index contributed by atoms with van der Waals surface area (Å²) >= 11 is 0. The number of aromatic nitrogens is 4. The number of anilines is 1. The van der Waals surface area contributed by atoms with Crippen molar-refractivity contribution in [1.82, 2.24) is 25.3 Å². The van der Waals surface area contributed by atoms with Crippen molar-refractivity contribution >= 4 is 17.0 Å². The van der Waals surface area contributed by atoms with Crippen LogP contribution in [0.3, 0.4) is 0 Å². The Hall–Kier alpha value is -1.73. The van der Waals surface area contributed by atoms with Crippen LogP contribution in [0.5, 0.6) is 0 Å². The summed E-state index contributed by atoms with van der Waals surface area (Å²) in [4.78, 5) is 15.5. The number of fused-ring (bicyclic) bond motifs is 1. The molecule has 90 valence electrons. The minimum atomic E-state index is 0.151. The average molecular weight is 234 g/mol. The molecule has 1 atom stereocenters. The van der Waals surface area contributed by atoms with Crippen LogP contribution in [0.2, 0.25) is 0 Å². The molecule has 0 saturated carbocycles. The number of rotatable bonds is 2. The summed E-state index contributed by atoms with van der Waals surface area (Å²) in [5.74, 6) is 1.26. The third kappa shape index (κ3) is 2.06. The van der Waals surface area contributed by atoms with Crippen LogP contribution in [0, 0.1) is 0 Å². The van der Waals surface area contributed by atoms with E-state index in [0.717, 1.165) is 31.9 Å². The van der Waals surface area contributed by atoms with Gasteiger partial charge in [-0.2, -0.15) is 0 Å². The fourth-order valence-corrected chi connectivity index (χ4v) is 1.96. The lowest BCUT2D eigenvalue weighted by Gasteiger charge is -2.22. The molecule has 0 bridgehead atoms. The van der Waals surface area contributed by atoms with Gasteiger partial charge in [0, 0.05) is 19.5 Å². The quantitative estimate of drug-likeness (QED) is 0.645. The first-order valence-electron chi connectivity index (χ1n) is 5.60. The van der Waals surface area contributed by atoms with Crippen LogP contribution in [0.1, 0.15) is 5.82 Å². The predicted molar refractivity (Wildman–Crippen MR) is 62.4 cm³/mol. The molecule has 1 aliphatic heterocycles. The summed E-state index contributed by atoms with van der Waals surface area (Å²) in [5.41, 5.74) is 7.04. The second kappa shape index (κ2) is 4.27. The van der Waals surface area contributed by atoms with Gasteiger partial charge in [0.2, 0.25) is 0 Å². The van der Waals surface area contributed by atoms with Gasteiger partial charge in [0.05, 0.1) is 12.7 Å². The summed E-state index contributed by atoms with van der Waals surface area (Å²) in [5, 5.41) is 3.28. The first kappa shape index (κ1) is 10.4. The highest BCUT2D eigenvalue weighted by molar-refractivity contribution is 5.80. The van der Waals surface area contributed by atoms with Gasteiger partial charge in [-0.15, -0.1) is 0 Å². The number of aromatic amines is 1. The normalized spacial score (nSPS) is 20.8. The Morgan fingerprint density at radius 1 is 1.47 bits per heavy atom. The van der Waals surface area contributed by atoms with Crippen molar-refractivity contribution in [2.24, 2.45) is 0 Å². The maximum atomic E-state index is 5.74. The fourth-order valence-electron chi connectivity index (χ4n) is 1.96. The monoisotopic (exact) mass is 234 g/mol. The van der Waals surface area contributed by atoms with Crippen molar-refractivity contribution in [1.29, 1.82) is 0 Å². The lowest BCUT2D eigenvalue weighted by molar-refractivity contribution is 0.0282.